The molecule has 1 aliphatic heterocycles. The molecule has 1 saturated heterocycles. The maximum absolute atomic E-state index is 12.3. The van der Waals surface area contributed by atoms with E-state index < -0.39 is 5.97 Å². The fourth-order valence-electron chi connectivity index (χ4n) is 3.34. The van der Waals surface area contributed by atoms with E-state index in [9.17, 15) is 9.59 Å². The molecule has 0 spiro atoms. The van der Waals surface area contributed by atoms with Crippen LogP contribution in [0.25, 0.3) is 10.9 Å². The molecule has 24 heavy (non-hydrogen) atoms. The Morgan fingerprint density at radius 3 is 2.58 bits per heavy atom. The average Bonchev–Trinajstić information content (AvgIpc) is 2.58. The molecule has 1 fully saturated rings. The second-order valence-corrected chi connectivity index (χ2v) is 6.71. The van der Waals surface area contributed by atoms with Gasteiger partial charge in [0.1, 0.15) is 5.69 Å². The van der Waals surface area contributed by atoms with Gasteiger partial charge in [0.05, 0.1) is 5.52 Å². The number of nitrogens with zero attached hydrogens (tertiary/aromatic N) is 2. The third-order valence-corrected chi connectivity index (χ3v) is 4.36. The van der Waals surface area contributed by atoms with Crippen LogP contribution in [0.2, 0.25) is 0 Å². The fraction of sp³-hybridized carbons (Fsp3) is 0.421. The number of amides is 1. The number of pyridine rings is 1. The molecule has 0 aliphatic carbocycles. The molecular formula is C19H22N2O3. The van der Waals surface area contributed by atoms with Crippen LogP contribution in [0, 0.1) is 11.8 Å². The van der Waals surface area contributed by atoms with Crippen LogP contribution in [0.1, 0.15) is 30.8 Å². The van der Waals surface area contributed by atoms with Gasteiger partial charge in [-0.3, -0.25) is 4.79 Å². The van der Waals surface area contributed by atoms with E-state index in [1.54, 1.807) is 11.0 Å². The molecule has 2 heterocycles. The normalized spacial score (nSPS) is 20.8. The van der Waals surface area contributed by atoms with Gasteiger partial charge in [-0.2, -0.15) is 0 Å². The number of ether oxygens (including phenoxy) is 1. The van der Waals surface area contributed by atoms with Crippen molar-refractivity contribution in [3.05, 3.63) is 42.1 Å². The molecule has 0 bridgehead atoms. The van der Waals surface area contributed by atoms with Crippen molar-refractivity contribution in [1.82, 2.24) is 9.88 Å². The number of esters is 1. The minimum Gasteiger partial charge on any atom is -0.451 e. The van der Waals surface area contributed by atoms with Gasteiger partial charge in [-0.15, -0.1) is 0 Å². The molecule has 0 saturated carbocycles. The van der Waals surface area contributed by atoms with Gasteiger partial charge >= 0.3 is 5.97 Å². The Bertz CT molecular complexity index is 749. The van der Waals surface area contributed by atoms with Crippen LogP contribution in [0.3, 0.4) is 0 Å². The van der Waals surface area contributed by atoms with Crippen LogP contribution in [-0.2, 0) is 9.53 Å². The van der Waals surface area contributed by atoms with Gasteiger partial charge in [0.2, 0.25) is 0 Å². The number of piperidine rings is 1. The number of para-hydroxylation sites is 1. The predicted octanol–water partition coefficient (Wildman–Crippen LogP) is 2.90. The standard InChI is InChI=1S/C19H22N2O3/c1-13-9-14(2)11-21(10-13)18(22)12-24-19(23)17-8-7-15-5-3-4-6-16(15)20-17/h3-8,13-14H,9-12H2,1-2H3/t13-,14+. The van der Waals surface area contributed by atoms with Gasteiger partial charge in [0.25, 0.3) is 5.91 Å². The van der Waals surface area contributed by atoms with E-state index in [1.165, 1.54) is 0 Å². The van der Waals surface area contributed by atoms with Crippen molar-refractivity contribution in [2.45, 2.75) is 20.3 Å². The van der Waals surface area contributed by atoms with Crippen LogP contribution in [0.5, 0.6) is 0 Å². The first-order chi connectivity index (χ1) is 11.5. The van der Waals surface area contributed by atoms with Crippen molar-refractivity contribution in [3.8, 4) is 0 Å². The predicted molar refractivity (Wildman–Crippen MR) is 91.6 cm³/mol. The van der Waals surface area contributed by atoms with Crippen molar-refractivity contribution in [1.29, 1.82) is 0 Å². The summed E-state index contributed by atoms with van der Waals surface area (Å²) in [6.07, 6.45) is 1.13. The zero-order chi connectivity index (χ0) is 17.1. The molecule has 5 nitrogen and oxygen atoms in total. The maximum Gasteiger partial charge on any atom is 0.357 e. The fourth-order valence-corrected chi connectivity index (χ4v) is 3.34. The molecule has 1 amide bonds. The molecule has 1 aromatic heterocycles. The number of benzene rings is 1. The Morgan fingerprint density at radius 1 is 1.12 bits per heavy atom. The lowest BCUT2D eigenvalue weighted by Gasteiger charge is -2.34. The number of hydrogen-bond donors (Lipinski definition) is 0. The third-order valence-electron chi connectivity index (χ3n) is 4.36. The van der Waals surface area contributed by atoms with Crippen molar-refractivity contribution < 1.29 is 14.3 Å². The lowest BCUT2D eigenvalue weighted by molar-refractivity contribution is -0.137. The topological polar surface area (TPSA) is 59.5 Å². The summed E-state index contributed by atoms with van der Waals surface area (Å²) in [7, 11) is 0. The summed E-state index contributed by atoms with van der Waals surface area (Å²) in [6.45, 7) is 5.51. The lowest BCUT2D eigenvalue weighted by Crippen LogP contribution is -2.44. The SMILES string of the molecule is C[C@@H]1C[C@H](C)CN(C(=O)COC(=O)c2ccc3ccccc3n2)C1. The van der Waals surface area contributed by atoms with E-state index in [0.717, 1.165) is 30.4 Å². The second-order valence-electron chi connectivity index (χ2n) is 6.71. The minimum atomic E-state index is -0.563. The van der Waals surface area contributed by atoms with E-state index in [0.29, 0.717) is 11.8 Å². The zero-order valence-corrected chi connectivity index (χ0v) is 14.1. The lowest BCUT2D eigenvalue weighted by atomic mass is 9.92. The number of carbonyl (C=O) groups excluding carboxylic acids is 2. The van der Waals surface area contributed by atoms with Crippen LogP contribution >= 0.6 is 0 Å². The van der Waals surface area contributed by atoms with Gasteiger partial charge in [-0.05, 0) is 30.4 Å². The van der Waals surface area contributed by atoms with Crippen molar-refractivity contribution in [2.24, 2.45) is 11.8 Å². The largest absolute Gasteiger partial charge is 0.451 e. The molecule has 1 aliphatic rings. The zero-order valence-electron chi connectivity index (χ0n) is 14.1. The van der Waals surface area contributed by atoms with E-state index in [4.69, 9.17) is 4.74 Å². The second kappa shape index (κ2) is 6.99. The summed E-state index contributed by atoms with van der Waals surface area (Å²) in [4.78, 5) is 30.5. The highest BCUT2D eigenvalue weighted by Crippen LogP contribution is 2.21. The number of hydrogen-bond acceptors (Lipinski definition) is 4. The highest BCUT2D eigenvalue weighted by molar-refractivity contribution is 5.92. The van der Waals surface area contributed by atoms with Gasteiger partial charge in [-0.25, -0.2) is 9.78 Å². The van der Waals surface area contributed by atoms with E-state index in [2.05, 4.69) is 18.8 Å². The van der Waals surface area contributed by atoms with Crippen LogP contribution in [0.15, 0.2) is 36.4 Å². The Labute approximate surface area is 141 Å². The minimum absolute atomic E-state index is 0.137. The monoisotopic (exact) mass is 326 g/mol. The van der Waals surface area contributed by atoms with Crippen LogP contribution in [-0.4, -0.2) is 41.5 Å². The molecule has 0 N–H and O–H groups in total. The van der Waals surface area contributed by atoms with Crippen molar-refractivity contribution >= 4 is 22.8 Å². The number of carbonyl (C=O) groups is 2. The van der Waals surface area contributed by atoms with Crippen molar-refractivity contribution in [2.75, 3.05) is 19.7 Å². The Hall–Kier alpha value is -2.43. The third kappa shape index (κ3) is 3.72. The van der Waals surface area contributed by atoms with Crippen molar-refractivity contribution in [3.63, 3.8) is 0 Å². The van der Waals surface area contributed by atoms with E-state index in [1.807, 2.05) is 30.3 Å². The summed E-state index contributed by atoms with van der Waals surface area (Å²) < 4.78 is 5.17. The average molecular weight is 326 g/mol. The first-order valence-corrected chi connectivity index (χ1v) is 8.33. The Kier molecular flexibility index (Phi) is 4.79. The van der Waals surface area contributed by atoms with Crippen LogP contribution in [0.4, 0.5) is 0 Å². The summed E-state index contributed by atoms with van der Waals surface area (Å²) in [5.74, 6) is 0.265. The molecule has 3 rings (SSSR count). The molecule has 1 aromatic carbocycles. The molecule has 0 radical (unpaired) electrons. The summed E-state index contributed by atoms with van der Waals surface area (Å²) in [5, 5.41) is 0.960. The number of fused-ring (bicyclic) bond motifs is 1. The smallest absolute Gasteiger partial charge is 0.357 e. The highest BCUT2D eigenvalue weighted by atomic mass is 16.5. The van der Waals surface area contributed by atoms with Gasteiger partial charge < -0.3 is 9.64 Å². The number of likely N-dealkylation sites (tertiary alicyclic amines) is 1. The first-order valence-electron chi connectivity index (χ1n) is 8.33. The highest BCUT2D eigenvalue weighted by Gasteiger charge is 2.26. The number of rotatable bonds is 3. The van der Waals surface area contributed by atoms with Gasteiger partial charge in [-0.1, -0.05) is 38.1 Å². The van der Waals surface area contributed by atoms with Gasteiger partial charge in [0.15, 0.2) is 6.61 Å². The Balaban J connectivity index is 1.60. The quantitative estimate of drug-likeness (QED) is 0.814. The summed E-state index contributed by atoms with van der Waals surface area (Å²) >= 11 is 0. The molecule has 5 heteroatoms. The molecule has 2 atom stereocenters. The molecule has 2 aromatic rings. The van der Waals surface area contributed by atoms with E-state index >= 15 is 0 Å². The summed E-state index contributed by atoms with van der Waals surface area (Å²) in [6, 6.07) is 11.0. The molecule has 0 unspecified atom stereocenters. The Morgan fingerprint density at radius 2 is 1.83 bits per heavy atom. The maximum atomic E-state index is 12.3. The molecule has 126 valence electrons. The van der Waals surface area contributed by atoms with Gasteiger partial charge in [0, 0.05) is 18.5 Å². The number of aromatic nitrogens is 1. The summed E-state index contributed by atoms with van der Waals surface area (Å²) in [5.41, 5.74) is 0.957. The first kappa shape index (κ1) is 16.4. The van der Waals surface area contributed by atoms with E-state index in [-0.39, 0.29) is 18.2 Å². The van der Waals surface area contributed by atoms with Crippen LogP contribution < -0.4 is 0 Å². The molecular weight excluding hydrogens is 304 g/mol.